The van der Waals surface area contributed by atoms with Crippen LogP contribution in [0.3, 0.4) is 0 Å². The van der Waals surface area contributed by atoms with Crippen LogP contribution in [0.15, 0.2) is 34.9 Å². The number of alkyl halides is 1. The van der Waals surface area contributed by atoms with Crippen LogP contribution in [0, 0.1) is 0 Å². The van der Waals surface area contributed by atoms with E-state index in [2.05, 4.69) is 34.0 Å². The van der Waals surface area contributed by atoms with Crippen molar-refractivity contribution in [2.45, 2.75) is 5.88 Å². The Bertz CT molecular complexity index is 555. The number of nitrogens with zero attached hydrogens (tertiary/aromatic N) is 3. The molecular formula is C13H14ClN3O. The van der Waals surface area contributed by atoms with E-state index >= 15 is 0 Å². The average Bonchev–Trinajstić information content (AvgIpc) is 2.88. The van der Waals surface area contributed by atoms with Gasteiger partial charge in [0, 0.05) is 20.1 Å². The molecule has 1 aliphatic heterocycles. The molecule has 0 radical (unpaired) electrons. The third kappa shape index (κ3) is 1.82. The van der Waals surface area contributed by atoms with Gasteiger partial charge in [-0.25, -0.2) is 0 Å². The van der Waals surface area contributed by atoms with Gasteiger partial charge in [0.25, 0.3) is 0 Å². The van der Waals surface area contributed by atoms with Gasteiger partial charge in [-0.15, -0.1) is 11.6 Å². The number of benzene rings is 1. The van der Waals surface area contributed by atoms with E-state index in [0.717, 1.165) is 24.5 Å². The summed E-state index contributed by atoms with van der Waals surface area (Å²) in [6.45, 7) is 1.80. The Morgan fingerprint density at radius 1 is 1.28 bits per heavy atom. The van der Waals surface area contributed by atoms with Crippen LogP contribution in [0.5, 0.6) is 0 Å². The van der Waals surface area contributed by atoms with E-state index in [4.69, 9.17) is 16.0 Å². The molecule has 1 aromatic carbocycles. The van der Waals surface area contributed by atoms with Crippen molar-refractivity contribution in [1.82, 2.24) is 4.98 Å². The van der Waals surface area contributed by atoms with Gasteiger partial charge >= 0.3 is 6.01 Å². The predicted octanol–water partition coefficient (Wildman–Crippen LogP) is 3.00. The molecule has 0 unspecified atom stereocenters. The molecule has 2 heterocycles. The number of anilines is 3. The second kappa shape index (κ2) is 4.53. The van der Waals surface area contributed by atoms with Gasteiger partial charge in [0.1, 0.15) is 6.26 Å². The van der Waals surface area contributed by atoms with E-state index < -0.39 is 0 Å². The fourth-order valence-corrected chi connectivity index (χ4v) is 2.31. The fraction of sp³-hybridized carbons (Fsp3) is 0.308. The van der Waals surface area contributed by atoms with E-state index in [9.17, 15) is 0 Å². The minimum absolute atomic E-state index is 0.374. The van der Waals surface area contributed by atoms with Crippen LogP contribution < -0.4 is 9.80 Å². The lowest BCUT2D eigenvalue weighted by molar-refractivity contribution is 0.549. The van der Waals surface area contributed by atoms with E-state index in [0.29, 0.717) is 11.9 Å². The van der Waals surface area contributed by atoms with Gasteiger partial charge in [-0.3, -0.25) is 4.90 Å². The first-order chi connectivity index (χ1) is 8.79. The first-order valence-corrected chi connectivity index (χ1v) is 6.41. The van der Waals surface area contributed by atoms with Gasteiger partial charge in [0.2, 0.25) is 0 Å². The Hall–Kier alpha value is -1.68. The molecule has 0 saturated carbocycles. The fourth-order valence-electron chi connectivity index (χ4n) is 2.19. The molecule has 18 heavy (non-hydrogen) atoms. The molecule has 3 rings (SSSR count). The maximum Gasteiger partial charge on any atom is 0.302 e. The summed E-state index contributed by atoms with van der Waals surface area (Å²) in [4.78, 5) is 8.71. The lowest BCUT2D eigenvalue weighted by Crippen LogP contribution is -2.36. The van der Waals surface area contributed by atoms with Crippen molar-refractivity contribution in [3.63, 3.8) is 0 Å². The molecule has 0 spiro atoms. The number of fused-ring (bicyclic) bond motifs is 1. The maximum atomic E-state index is 5.75. The van der Waals surface area contributed by atoms with Crippen LogP contribution in [0.25, 0.3) is 0 Å². The van der Waals surface area contributed by atoms with Gasteiger partial charge in [0.15, 0.2) is 0 Å². The van der Waals surface area contributed by atoms with Crippen LogP contribution >= 0.6 is 11.6 Å². The Morgan fingerprint density at radius 3 is 2.78 bits per heavy atom. The number of aromatic nitrogens is 1. The number of oxazole rings is 1. The van der Waals surface area contributed by atoms with Crippen molar-refractivity contribution in [3.8, 4) is 0 Å². The molecule has 0 saturated heterocycles. The summed E-state index contributed by atoms with van der Waals surface area (Å²) in [7, 11) is 2.09. The molecular weight excluding hydrogens is 250 g/mol. The SMILES string of the molecule is CN1CCN(c2nc(CCl)co2)c2ccccc21. The van der Waals surface area contributed by atoms with Crippen molar-refractivity contribution in [2.24, 2.45) is 0 Å². The molecule has 1 aromatic heterocycles. The molecule has 4 nitrogen and oxygen atoms in total. The summed E-state index contributed by atoms with van der Waals surface area (Å²) in [6.07, 6.45) is 1.61. The molecule has 94 valence electrons. The number of likely N-dealkylation sites (N-methyl/N-ethyl adjacent to an activating group) is 1. The Morgan fingerprint density at radius 2 is 2.06 bits per heavy atom. The molecule has 0 bridgehead atoms. The van der Waals surface area contributed by atoms with Gasteiger partial charge in [-0.2, -0.15) is 4.98 Å². The lowest BCUT2D eigenvalue weighted by atomic mass is 10.2. The van der Waals surface area contributed by atoms with E-state index in [1.807, 2.05) is 12.1 Å². The lowest BCUT2D eigenvalue weighted by Gasteiger charge is -2.34. The molecule has 5 heteroatoms. The van der Waals surface area contributed by atoms with Crippen molar-refractivity contribution in [2.75, 3.05) is 29.9 Å². The van der Waals surface area contributed by atoms with Crippen molar-refractivity contribution < 1.29 is 4.42 Å². The Labute approximate surface area is 111 Å². The van der Waals surface area contributed by atoms with E-state index in [1.165, 1.54) is 5.69 Å². The second-order valence-electron chi connectivity index (χ2n) is 4.32. The van der Waals surface area contributed by atoms with Crippen molar-refractivity contribution in [3.05, 3.63) is 36.2 Å². The van der Waals surface area contributed by atoms with Crippen LogP contribution in [0.4, 0.5) is 17.4 Å². The first kappa shape index (κ1) is 11.4. The monoisotopic (exact) mass is 263 g/mol. The van der Waals surface area contributed by atoms with Crippen molar-refractivity contribution in [1.29, 1.82) is 0 Å². The van der Waals surface area contributed by atoms with Crippen LogP contribution in [-0.4, -0.2) is 25.1 Å². The Kier molecular flexibility index (Phi) is 2.88. The summed E-state index contributed by atoms with van der Waals surface area (Å²) < 4.78 is 5.50. The largest absolute Gasteiger partial charge is 0.431 e. The molecule has 0 fully saturated rings. The third-order valence-corrected chi connectivity index (χ3v) is 3.42. The Balaban J connectivity index is 2.01. The highest BCUT2D eigenvalue weighted by Gasteiger charge is 2.24. The summed E-state index contributed by atoms with van der Waals surface area (Å²) >= 11 is 5.75. The summed E-state index contributed by atoms with van der Waals surface area (Å²) in [5, 5.41) is 0. The van der Waals surface area contributed by atoms with Crippen LogP contribution in [-0.2, 0) is 5.88 Å². The summed E-state index contributed by atoms with van der Waals surface area (Å²) in [5.74, 6) is 0.374. The predicted molar refractivity (Wildman–Crippen MR) is 72.8 cm³/mol. The van der Waals surface area contributed by atoms with Gasteiger partial charge in [-0.1, -0.05) is 12.1 Å². The standard InChI is InChI=1S/C13H14ClN3O/c1-16-6-7-17(12-5-3-2-4-11(12)16)13-15-10(8-14)9-18-13/h2-5,9H,6-8H2,1H3. The molecule has 0 aliphatic carbocycles. The number of hydrogen-bond acceptors (Lipinski definition) is 4. The van der Waals surface area contributed by atoms with E-state index in [1.54, 1.807) is 6.26 Å². The quantitative estimate of drug-likeness (QED) is 0.780. The highest BCUT2D eigenvalue weighted by Crippen LogP contribution is 2.36. The number of halogens is 1. The molecule has 0 atom stereocenters. The topological polar surface area (TPSA) is 32.5 Å². The zero-order chi connectivity index (χ0) is 12.5. The molecule has 0 amide bonds. The molecule has 2 aromatic rings. The number of para-hydroxylation sites is 2. The maximum absolute atomic E-state index is 5.75. The van der Waals surface area contributed by atoms with Crippen LogP contribution in [0.1, 0.15) is 5.69 Å². The van der Waals surface area contributed by atoms with Crippen LogP contribution in [0.2, 0.25) is 0 Å². The summed E-state index contributed by atoms with van der Waals surface area (Å²) in [5.41, 5.74) is 3.08. The summed E-state index contributed by atoms with van der Waals surface area (Å²) in [6, 6.07) is 8.86. The number of hydrogen-bond donors (Lipinski definition) is 0. The minimum Gasteiger partial charge on any atom is -0.431 e. The minimum atomic E-state index is 0.374. The molecule has 1 aliphatic rings. The smallest absolute Gasteiger partial charge is 0.302 e. The highest BCUT2D eigenvalue weighted by molar-refractivity contribution is 6.16. The zero-order valence-electron chi connectivity index (χ0n) is 10.1. The van der Waals surface area contributed by atoms with Gasteiger partial charge < -0.3 is 9.32 Å². The van der Waals surface area contributed by atoms with Crippen molar-refractivity contribution >= 4 is 29.0 Å². The second-order valence-corrected chi connectivity index (χ2v) is 4.58. The zero-order valence-corrected chi connectivity index (χ0v) is 10.9. The average molecular weight is 264 g/mol. The third-order valence-electron chi connectivity index (χ3n) is 3.15. The number of rotatable bonds is 2. The first-order valence-electron chi connectivity index (χ1n) is 5.87. The van der Waals surface area contributed by atoms with Gasteiger partial charge in [0.05, 0.1) is 22.9 Å². The van der Waals surface area contributed by atoms with E-state index in [-0.39, 0.29) is 0 Å². The van der Waals surface area contributed by atoms with Gasteiger partial charge in [-0.05, 0) is 12.1 Å². The highest BCUT2D eigenvalue weighted by atomic mass is 35.5. The normalized spacial score (nSPS) is 14.8. The molecule has 0 N–H and O–H groups in total.